The van der Waals surface area contributed by atoms with E-state index in [0.717, 1.165) is 25.9 Å². The van der Waals surface area contributed by atoms with E-state index in [4.69, 9.17) is 28.4 Å². The number of rotatable bonds is 43. The molecular weight excluding hydrogens is 658 g/mol. The Bertz CT molecular complexity index is 712. The van der Waals surface area contributed by atoms with Crippen LogP contribution in [0, 0.1) is 0 Å². The van der Waals surface area contributed by atoms with E-state index in [1.165, 1.54) is 141 Å². The number of ether oxygens (including phenoxy) is 6. The molecule has 0 radical (unpaired) electrons. The summed E-state index contributed by atoms with van der Waals surface area (Å²) in [6.07, 6.45) is 31.5. The van der Waals surface area contributed by atoms with Crippen LogP contribution in [0.4, 0.5) is 0 Å². The predicted molar refractivity (Wildman–Crippen MR) is 214 cm³/mol. The molecule has 52 heavy (non-hydrogen) atoms. The molecule has 0 aliphatic heterocycles. The maximum Gasteiger partial charge on any atom is 0.308 e. The van der Waals surface area contributed by atoms with Crippen molar-refractivity contribution in [3.05, 3.63) is 0 Å². The molecule has 1 unspecified atom stereocenters. The fourth-order valence-electron chi connectivity index (χ4n) is 6.36. The number of carbonyl (C=O) groups is 2. The number of nitrogens with zero attached hydrogens (tertiary/aromatic N) is 1. The van der Waals surface area contributed by atoms with Gasteiger partial charge >= 0.3 is 11.9 Å². The Labute approximate surface area is 321 Å². The zero-order chi connectivity index (χ0) is 38.0. The number of esters is 2. The van der Waals surface area contributed by atoms with Gasteiger partial charge in [-0.25, -0.2) is 0 Å². The largest absolute Gasteiger partial charge is 0.462 e. The highest BCUT2D eigenvalue weighted by Gasteiger charge is 2.21. The third-order valence-corrected chi connectivity index (χ3v) is 9.61. The molecule has 0 saturated heterocycles. The Hall–Kier alpha value is -1.26. The highest BCUT2D eigenvalue weighted by molar-refractivity contribution is 5.70. The van der Waals surface area contributed by atoms with E-state index in [1.807, 2.05) is 0 Å². The summed E-state index contributed by atoms with van der Waals surface area (Å²) in [7, 11) is 3.24. The van der Waals surface area contributed by atoms with Crippen molar-refractivity contribution >= 4 is 11.9 Å². The van der Waals surface area contributed by atoms with E-state index in [-0.39, 0.29) is 44.6 Å². The molecule has 0 aromatic carbocycles. The second kappa shape index (κ2) is 42.5. The predicted octanol–water partition coefficient (Wildman–Crippen LogP) is 10.3. The van der Waals surface area contributed by atoms with Gasteiger partial charge in [0.2, 0.25) is 0 Å². The molecule has 0 spiro atoms. The Morgan fingerprint density at radius 1 is 0.462 bits per heavy atom. The number of methoxy groups -OCH3 is 2. The van der Waals surface area contributed by atoms with Crippen LogP contribution in [-0.4, -0.2) is 103 Å². The molecule has 0 amide bonds. The number of hydrogen-bond donors (Lipinski definition) is 0. The van der Waals surface area contributed by atoms with Gasteiger partial charge in [0.15, 0.2) is 0 Å². The highest BCUT2D eigenvalue weighted by atomic mass is 16.6. The van der Waals surface area contributed by atoms with Crippen molar-refractivity contribution < 1.29 is 38.0 Å². The van der Waals surface area contributed by atoms with Crippen LogP contribution >= 0.6 is 0 Å². The fraction of sp³-hybridized carbons (Fsp3) is 0.953. The standard InChI is InChI=1S/C43H85NO8/c1-5-7-9-11-13-15-17-19-21-23-25-27-31-44(32-28-26-24-22-20-18-16-14-12-10-8-6-2)39-41(52-43(46)30-34-50-38-36-48-4)40-51-42(45)29-33-49-37-35-47-3/h41H,5-40H2,1-4H3. The lowest BCUT2D eigenvalue weighted by Crippen LogP contribution is -2.39. The van der Waals surface area contributed by atoms with Gasteiger partial charge in [-0.3, -0.25) is 14.5 Å². The monoisotopic (exact) mass is 744 g/mol. The first-order chi connectivity index (χ1) is 25.6. The first-order valence-electron chi connectivity index (χ1n) is 21.8. The third kappa shape index (κ3) is 38.5. The second-order valence-electron chi connectivity index (χ2n) is 14.6. The summed E-state index contributed by atoms with van der Waals surface area (Å²) in [5, 5.41) is 0. The molecule has 0 saturated carbocycles. The molecule has 0 aliphatic carbocycles. The second-order valence-corrected chi connectivity index (χ2v) is 14.6. The van der Waals surface area contributed by atoms with Gasteiger partial charge in [0, 0.05) is 20.8 Å². The molecule has 9 nitrogen and oxygen atoms in total. The minimum Gasteiger partial charge on any atom is -0.462 e. The van der Waals surface area contributed by atoms with Crippen molar-refractivity contribution in [1.29, 1.82) is 0 Å². The number of unbranched alkanes of at least 4 members (excludes halogenated alkanes) is 22. The molecule has 0 fully saturated rings. The molecule has 0 N–H and O–H groups in total. The van der Waals surface area contributed by atoms with Gasteiger partial charge in [0.25, 0.3) is 0 Å². The zero-order valence-corrected chi connectivity index (χ0v) is 34.7. The average Bonchev–Trinajstić information content (AvgIpc) is 3.14. The van der Waals surface area contributed by atoms with E-state index in [9.17, 15) is 9.59 Å². The molecule has 0 aromatic rings. The summed E-state index contributed by atoms with van der Waals surface area (Å²) in [6, 6.07) is 0. The van der Waals surface area contributed by atoms with Crippen molar-refractivity contribution in [2.75, 3.05) is 80.1 Å². The van der Waals surface area contributed by atoms with Crippen LogP contribution in [0.2, 0.25) is 0 Å². The maximum absolute atomic E-state index is 12.8. The SMILES string of the molecule is CCCCCCCCCCCCCCN(CCCCCCCCCCCCCC)CC(COC(=O)CCOCCOC)OC(=O)CCOCCOC. The van der Waals surface area contributed by atoms with E-state index < -0.39 is 6.10 Å². The topological polar surface area (TPSA) is 92.8 Å². The summed E-state index contributed by atoms with van der Waals surface area (Å²) in [4.78, 5) is 27.7. The van der Waals surface area contributed by atoms with Crippen LogP contribution in [0.25, 0.3) is 0 Å². The molecular formula is C43H85NO8. The smallest absolute Gasteiger partial charge is 0.308 e. The molecule has 0 aromatic heterocycles. The van der Waals surface area contributed by atoms with E-state index in [2.05, 4.69) is 18.7 Å². The van der Waals surface area contributed by atoms with E-state index in [0.29, 0.717) is 33.0 Å². The van der Waals surface area contributed by atoms with Gasteiger partial charge in [-0.1, -0.05) is 155 Å². The lowest BCUT2D eigenvalue weighted by Gasteiger charge is -2.27. The van der Waals surface area contributed by atoms with Crippen LogP contribution in [0.3, 0.4) is 0 Å². The van der Waals surface area contributed by atoms with Crippen molar-refractivity contribution in [1.82, 2.24) is 4.90 Å². The van der Waals surface area contributed by atoms with Gasteiger partial charge in [0.05, 0.1) is 52.5 Å². The van der Waals surface area contributed by atoms with Crippen LogP contribution in [-0.2, 0) is 38.0 Å². The maximum atomic E-state index is 12.8. The van der Waals surface area contributed by atoms with Crippen LogP contribution in [0.15, 0.2) is 0 Å². The van der Waals surface area contributed by atoms with Crippen LogP contribution in [0.5, 0.6) is 0 Å². The summed E-state index contributed by atoms with van der Waals surface area (Å²) in [6.45, 7) is 9.46. The van der Waals surface area contributed by atoms with E-state index in [1.54, 1.807) is 14.2 Å². The van der Waals surface area contributed by atoms with Crippen molar-refractivity contribution in [2.24, 2.45) is 0 Å². The summed E-state index contributed by atoms with van der Waals surface area (Å²) in [5.74, 6) is -0.688. The van der Waals surface area contributed by atoms with Crippen molar-refractivity contribution in [3.63, 3.8) is 0 Å². The van der Waals surface area contributed by atoms with Gasteiger partial charge in [-0.2, -0.15) is 0 Å². The van der Waals surface area contributed by atoms with E-state index >= 15 is 0 Å². The zero-order valence-electron chi connectivity index (χ0n) is 34.7. The average molecular weight is 744 g/mol. The molecule has 0 rings (SSSR count). The molecule has 0 bridgehead atoms. The van der Waals surface area contributed by atoms with Gasteiger partial charge in [-0.05, 0) is 25.9 Å². The lowest BCUT2D eigenvalue weighted by atomic mass is 10.0. The molecule has 9 heteroatoms. The number of hydrogen-bond acceptors (Lipinski definition) is 9. The molecule has 0 heterocycles. The Morgan fingerprint density at radius 2 is 0.827 bits per heavy atom. The normalized spacial score (nSPS) is 12.1. The van der Waals surface area contributed by atoms with Gasteiger partial charge in [-0.15, -0.1) is 0 Å². The number of carbonyl (C=O) groups excluding carboxylic acids is 2. The van der Waals surface area contributed by atoms with Crippen molar-refractivity contribution in [2.45, 2.75) is 187 Å². The Morgan fingerprint density at radius 3 is 1.21 bits per heavy atom. The summed E-state index contributed by atoms with van der Waals surface area (Å²) in [5.41, 5.74) is 0. The molecule has 1 atom stereocenters. The minimum atomic E-state index is -0.528. The Kier molecular flexibility index (Phi) is 41.5. The van der Waals surface area contributed by atoms with Gasteiger partial charge in [0.1, 0.15) is 12.7 Å². The lowest BCUT2D eigenvalue weighted by molar-refractivity contribution is -0.161. The first-order valence-corrected chi connectivity index (χ1v) is 21.8. The minimum absolute atomic E-state index is 0.0422. The molecule has 310 valence electrons. The van der Waals surface area contributed by atoms with Crippen LogP contribution < -0.4 is 0 Å². The highest BCUT2D eigenvalue weighted by Crippen LogP contribution is 2.15. The van der Waals surface area contributed by atoms with Gasteiger partial charge < -0.3 is 28.4 Å². The Balaban J connectivity index is 4.92. The van der Waals surface area contributed by atoms with Crippen LogP contribution in [0.1, 0.15) is 181 Å². The quantitative estimate of drug-likeness (QED) is 0.0447. The summed E-state index contributed by atoms with van der Waals surface area (Å²) >= 11 is 0. The third-order valence-electron chi connectivity index (χ3n) is 9.61. The molecule has 0 aliphatic rings. The fourth-order valence-corrected chi connectivity index (χ4v) is 6.36. The first kappa shape index (κ1) is 50.7. The summed E-state index contributed by atoms with van der Waals surface area (Å²) < 4.78 is 32.4. The van der Waals surface area contributed by atoms with Crippen molar-refractivity contribution in [3.8, 4) is 0 Å².